The molecule has 2 fully saturated rings. The minimum Gasteiger partial charge on any atom is -0.490 e. The van der Waals surface area contributed by atoms with Gasteiger partial charge in [0, 0.05) is 30.4 Å². The maximum Gasteiger partial charge on any atom is 0.356 e. The van der Waals surface area contributed by atoms with Crippen LogP contribution in [0.15, 0.2) is 30.5 Å². The van der Waals surface area contributed by atoms with Gasteiger partial charge in [-0.05, 0) is 42.9 Å². The molecule has 4 rings (SSSR count). The number of rotatable bonds is 3. The summed E-state index contributed by atoms with van der Waals surface area (Å²) < 4.78 is 20.4. The van der Waals surface area contributed by atoms with Gasteiger partial charge in [-0.1, -0.05) is 11.6 Å². The van der Waals surface area contributed by atoms with E-state index in [1.807, 2.05) is 0 Å². The number of carbonyl (C=O) groups excluding carboxylic acids is 1. The fraction of sp³-hybridized carbons (Fsp3) is 0.389. The van der Waals surface area contributed by atoms with E-state index in [0.717, 1.165) is 17.5 Å². The van der Waals surface area contributed by atoms with Gasteiger partial charge in [-0.25, -0.2) is 14.0 Å². The zero-order valence-corrected chi connectivity index (χ0v) is 15.0. The van der Waals surface area contributed by atoms with Gasteiger partial charge in [-0.15, -0.1) is 0 Å². The minimum absolute atomic E-state index is 0.0431. The first kappa shape index (κ1) is 17.8. The van der Waals surface area contributed by atoms with Crippen LogP contribution in [0.25, 0.3) is 0 Å². The van der Waals surface area contributed by atoms with Gasteiger partial charge in [0.2, 0.25) is 0 Å². The number of halogens is 2. The van der Waals surface area contributed by atoms with Gasteiger partial charge in [-0.3, -0.25) is 0 Å². The molecule has 1 amide bonds. The highest BCUT2D eigenvalue weighted by molar-refractivity contribution is 6.30. The van der Waals surface area contributed by atoms with E-state index in [2.05, 4.69) is 5.10 Å². The van der Waals surface area contributed by atoms with Gasteiger partial charge >= 0.3 is 12.0 Å². The predicted molar refractivity (Wildman–Crippen MR) is 93.6 cm³/mol. The van der Waals surface area contributed by atoms with Crippen LogP contribution in [0.3, 0.4) is 0 Å². The molecule has 9 heteroatoms. The molecule has 2 heterocycles. The summed E-state index contributed by atoms with van der Waals surface area (Å²) in [5.74, 6) is -0.615. The lowest BCUT2D eigenvalue weighted by molar-refractivity contribution is 0.0690. The molecular formula is C18H17ClFN3O4. The molecule has 1 saturated carbocycles. The summed E-state index contributed by atoms with van der Waals surface area (Å²) in [4.78, 5) is 25.1. The molecule has 1 aliphatic heterocycles. The number of carbonyl (C=O) groups is 2. The van der Waals surface area contributed by atoms with Crippen molar-refractivity contribution in [3.8, 4) is 5.75 Å². The average Bonchev–Trinajstić information content (AvgIpc) is 3.27. The lowest BCUT2D eigenvalue weighted by Crippen LogP contribution is -2.34. The van der Waals surface area contributed by atoms with Crippen LogP contribution in [-0.2, 0) is 0 Å². The molecule has 1 N–H and O–H groups in total. The van der Waals surface area contributed by atoms with E-state index in [-0.39, 0.29) is 29.7 Å². The van der Waals surface area contributed by atoms with E-state index in [9.17, 15) is 14.0 Å². The Labute approximate surface area is 159 Å². The Balaban J connectivity index is 1.36. The van der Waals surface area contributed by atoms with Crippen molar-refractivity contribution in [1.82, 2.24) is 14.7 Å². The number of likely N-dealkylation sites (tertiary alicyclic amines) is 1. The topological polar surface area (TPSA) is 84.7 Å². The van der Waals surface area contributed by atoms with Gasteiger partial charge in [0.1, 0.15) is 11.6 Å². The average molecular weight is 394 g/mol. The molecule has 0 spiro atoms. The molecule has 2 unspecified atom stereocenters. The smallest absolute Gasteiger partial charge is 0.356 e. The summed E-state index contributed by atoms with van der Waals surface area (Å²) in [7, 11) is 0. The molecule has 7 nitrogen and oxygen atoms in total. The first-order valence-electron chi connectivity index (χ1n) is 8.60. The monoisotopic (exact) mass is 393 g/mol. The molecule has 27 heavy (non-hydrogen) atoms. The number of fused-ring (bicyclic) bond motifs is 1. The molecular weight excluding hydrogens is 377 g/mol. The number of carboxylic acids is 1. The van der Waals surface area contributed by atoms with Crippen LogP contribution in [0.2, 0.25) is 5.02 Å². The van der Waals surface area contributed by atoms with Gasteiger partial charge in [0.25, 0.3) is 0 Å². The second-order valence-corrected chi connectivity index (χ2v) is 7.41. The van der Waals surface area contributed by atoms with E-state index >= 15 is 0 Å². The molecule has 1 aliphatic carbocycles. The zero-order chi connectivity index (χ0) is 19.1. The van der Waals surface area contributed by atoms with Crippen molar-refractivity contribution < 1.29 is 23.8 Å². The highest BCUT2D eigenvalue weighted by Crippen LogP contribution is 2.40. The molecule has 1 aromatic carbocycles. The number of nitrogens with zero attached hydrogens (tertiary/aromatic N) is 3. The van der Waals surface area contributed by atoms with E-state index in [0.29, 0.717) is 23.9 Å². The van der Waals surface area contributed by atoms with Crippen molar-refractivity contribution in [2.75, 3.05) is 13.1 Å². The quantitative estimate of drug-likeness (QED) is 0.866. The SMILES string of the molecule is O=C(O)c1ccn(C(=O)N2CC3CC(Oc4cc(F)cc(Cl)c4)CC3C2)n1. The first-order valence-corrected chi connectivity index (χ1v) is 8.98. The number of hydrogen-bond donors (Lipinski definition) is 1. The molecule has 1 saturated heterocycles. The highest BCUT2D eigenvalue weighted by atomic mass is 35.5. The van der Waals surface area contributed by atoms with Gasteiger partial charge in [-0.2, -0.15) is 9.78 Å². The Hall–Kier alpha value is -2.61. The predicted octanol–water partition coefficient (Wildman–Crippen LogP) is 3.13. The van der Waals surface area contributed by atoms with Crippen LogP contribution < -0.4 is 4.74 Å². The Morgan fingerprint density at radius 3 is 2.52 bits per heavy atom. The number of aromatic carboxylic acids is 1. The lowest BCUT2D eigenvalue weighted by atomic mass is 10.0. The molecule has 0 radical (unpaired) electrons. The minimum atomic E-state index is -1.17. The maximum atomic E-state index is 13.4. The van der Waals surface area contributed by atoms with Crippen molar-refractivity contribution in [3.63, 3.8) is 0 Å². The molecule has 142 valence electrons. The van der Waals surface area contributed by atoms with E-state index in [4.69, 9.17) is 21.4 Å². The maximum absolute atomic E-state index is 13.4. The Kier molecular flexibility index (Phi) is 4.51. The lowest BCUT2D eigenvalue weighted by Gasteiger charge is -2.20. The summed E-state index contributed by atoms with van der Waals surface area (Å²) >= 11 is 5.86. The fourth-order valence-corrected chi connectivity index (χ4v) is 4.19. The highest BCUT2D eigenvalue weighted by Gasteiger charge is 2.43. The van der Waals surface area contributed by atoms with Gasteiger partial charge in [0.05, 0.1) is 6.10 Å². The van der Waals surface area contributed by atoms with Crippen LogP contribution >= 0.6 is 11.6 Å². The summed E-state index contributed by atoms with van der Waals surface area (Å²) in [6, 6.07) is 5.10. The first-order chi connectivity index (χ1) is 12.9. The Bertz CT molecular complexity index is 868. The van der Waals surface area contributed by atoms with Crippen LogP contribution in [-0.4, -0.2) is 51.0 Å². The van der Waals surface area contributed by atoms with Crippen LogP contribution in [0, 0.1) is 17.7 Å². The number of aromatic nitrogens is 2. The summed E-state index contributed by atoms with van der Waals surface area (Å²) in [5.41, 5.74) is -0.162. The summed E-state index contributed by atoms with van der Waals surface area (Å²) in [6.07, 6.45) is 2.85. The fourth-order valence-electron chi connectivity index (χ4n) is 3.98. The van der Waals surface area contributed by atoms with Crippen molar-refractivity contribution >= 4 is 23.6 Å². The molecule has 1 aromatic heterocycles. The summed E-state index contributed by atoms with van der Waals surface area (Å²) in [5, 5.41) is 13.0. The normalized spacial score (nSPS) is 24.1. The molecule has 2 aliphatic rings. The molecule has 2 atom stereocenters. The van der Waals surface area contributed by atoms with Crippen molar-refractivity contribution in [2.24, 2.45) is 11.8 Å². The zero-order valence-electron chi connectivity index (χ0n) is 14.2. The van der Waals surface area contributed by atoms with Gasteiger partial charge in [0.15, 0.2) is 5.69 Å². The van der Waals surface area contributed by atoms with E-state index < -0.39 is 11.8 Å². The number of amides is 1. The second kappa shape index (κ2) is 6.84. The molecule has 2 aromatic rings. The number of hydrogen-bond acceptors (Lipinski definition) is 4. The van der Waals surface area contributed by atoms with Gasteiger partial charge < -0.3 is 14.7 Å². The van der Waals surface area contributed by atoms with Crippen molar-refractivity contribution in [2.45, 2.75) is 18.9 Å². The third-order valence-electron chi connectivity index (χ3n) is 5.12. The van der Waals surface area contributed by atoms with E-state index in [1.54, 1.807) is 11.0 Å². The third kappa shape index (κ3) is 3.62. The van der Waals surface area contributed by atoms with E-state index in [1.165, 1.54) is 24.4 Å². The van der Waals surface area contributed by atoms with Crippen LogP contribution in [0.4, 0.5) is 9.18 Å². The number of benzene rings is 1. The standard InChI is InChI=1S/C18H17ClFN3O4/c19-12-5-13(20)7-15(6-12)27-14-3-10-8-22(9-11(10)4-14)18(26)23-2-1-16(21-23)17(24)25/h1-2,5-7,10-11,14H,3-4,8-9H2,(H,24,25). The number of carboxylic acid groups (broad SMARTS) is 1. The van der Waals surface area contributed by atoms with Crippen molar-refractivity contribution in [1.29, 1.82) is 0 Å². The van der Waals surface area contributed by atoms with Crippen molar-refractivity contribution in [3.05, 3.63) is 47.0 Å². The molecule has 0 bridgehead atoms. The van der Waals surface area contributed by atoms with Crippen LogP contribution in [0.5, 0.6) is 5.75 Å². The number of ether oxygens (including phenoxy) is 1. The Morgan fingerprint density at radius 1 is 1.22 bits per heavy atom. The Morgan fingerprint density at radius 2 is 1.93 bits per heavy atom. The summed E-state index contributed by atoms with van der Waals surface area (Å²) in [6.45, 7) is 1.13. The third-order valence-corrected chi connectivity index (χ3v) is 5.34. The largest absolute Gasteiger partial charge is 0.490 e. The second-order valence-electron chi connectivity index (χ2n) is 6.97. The van der Waals surface area contributed by atoms with Crippen LogP contribution in [0.1, 0.15) is 23.3 Å².